The van der Waals surface area contributed by atoms with Crippen LogP contribution in [0.25, 0.3) is 10.1 Å². The Morgan fingerprint density at radius 2 is 1.90 bits per heavy atom. The zero-order valence-corrected chi connectivity index (χ0v) is 12.1. The van der Waals surface area contributed by atoms with Crippen LogP contribution in [0.3, 0.4) is 0 Å². The Morgan fingerprint density at radius 3 is 2.62 bits per heavy atom. The molecular formula is C16H13FN2OS. The Hall–Kier alpha value is -2.40. The van der Waals surface area contributed by atoms with Gasteiger partial charge in [0.15, 0.2) is 0 Å². The lowest BCUT2D eigenvalue weighted by atomic mass is 10.2. The number of thiophene rings is 1. The monoisotopic (exact) mass is 300 g/mol. The van der Waals surface area contributed by atoms with Gasteiger partial charge >= 0.3 is 0 Å². The zero-order valence-electron chi connectivity index (χ0n) is 11.3. The standard InChI is InChI=1S/C16H13FN2OS/c1-9-2-5-11(6-3-9)19-16(20)15-14(18)12-8-10(17)4-7-13(12)21-15/h2-8H,18H2,1H3,(H,19,20). The number of benzene rings is 2. The maximum atomic E-state index is 13.3. The van der Waals surface area contributed by atoms with Crippen LogP contribution in [0.4, 0.5) is 15.8 Å². The minimum atomic E-state index is -0.363. The Labute approximate surface area is 125 Å². The first-order chi connectivity index (χ1) is 10.0. The summed E-state index contributed by atoms with van der Waals surface area (Å²) in [5.74, 6) is -0.643. The third-order valence-corrected chi connectivity index (χ3v) is 4.39. The maximum absolute atomic E-state index is 13.3. The molecule has 3 rings (SSSR count). The second kappa shape index (κ2) is 5.18. The summed E-state index contributed by atoms with van der Waals surface area (Å²) in [5, 5.41) is 3.38. The maximum Gasteiger partial charge on any atom is 0.267 e. The van der Waals surface area contributed by atoms with Crippen LogP contribution in [0.1, 0.15) is 15.2 Å². The number of hydrogen-bond donors (Lipinski definition) is 2. The largest absolute Gasteiger partial charge is 0.397 e. The number of nitrogens with two attached hydrogens (primary N) is 1. The minimum absolute atomic E-state index is 0.280. The molecule has 3 aromatic rings. The summed E-state index contributed by atoms with van der Waals surface area (Å²) in [7, 11) is 0. The lowest BCUT2D eigenvalue weighted by Crippen LogP contribution is -2.11. The fourth-order valence-corrected chi connectivity index (χ4v) is 3.08. The second-order valence-electron chi connectivity index (χ2n) is 4.81. The molecule has 1 amide bonds. The zero-order chi connectivity index (χ0) is 15.0. The van der Waals surface area contributed by atoms with Crippen molar-refractivity contribution in [1.29, 1.82) is 0 Å². The molecule has 0 aliphatic carbocycles. The number of fused-ring (bicyclic) bond motifs is 1. The van der Waals surface area contributed by atoms with Crippen molar-refractivity contribution in [2.45, 2.75) is 6.92 Å². The average molecular weight is 300 g/mol. The fourth-order valence-electron chi connectivity index (χ4n) is 2.08. The number of aryl methyl sites for hydroxylation is 1. The highest BCUT2D eigenvalue weighted by Gasteiger charge is 2.16. The molecule has 0 radical (unpaired) electrons. The highest BCUT2D eigenvalue weighted by atomic mass is 32.1. The van der Waals surface area contributed by atoms with Crippen LogP contribution >= 0.6 is 11.3 Å². The van der Waals surface area contributed by atoms with Gasteiger partial charge in [-0.1, -0.05) is 17.7 Å². The molecule has 0 spiro atoms. The van der Waals surface area contributed by atoms with Gasteiger partial charge in [0.2, 0.25) is 0 Å². The molecule has 0 saturated heterocycles. The molecule has 0 bridgehead atoms. The SMILES string of the molecule is Cc1ccc(NC(=O)c2sc3ccc(F)cc3c2N)cc1. The molecule has 106 valence electrons. The number of rotatable bonds is 2. The molecule has 0 unspecified atom stereocenters. The molecular weight excluding hydrogens is 287 g/mol. The first-order valence-corrected chi connectivity index (χ1v) is 7.22. The minimum Gasteiger partial charge on any atom is -0.397 e. The Morgan fingerprint density at radius 1 is 1.19 bits per heavy atom. The molecule has 1 aromatic heterocycles. The second-order valence-corrected chi connectivity index (χ2v) is 5.86. The summed E-state index contributed by atoms with van der Waals surface area (Å²) >= 11 is 1.26. The molecule has 3 nitrogen and oxygen atoms in total. The van der Waals surface area contributed by atoms with Crippen LogP contribution in [0, 0.1) is 12.7 Å². The van der Waals surface area contributed by atoms with E-state index < -0.39 is 0 Å². The Bertz CT molecular complexity index is 824. The number of hydrogen-bond acceptors (Lipinski definition) is 3. The van der Waals surface area contributed by atoms with Crippen molar-refractivity contribution >= 4 is 38.7 Å². The molecule has 0 fully saturated rings. The van der Waals surface area contributed by atoms with Gasteiger partial charge < -0.3 is 11.1 Å². The van der Waals surface area contributed by atoms with Crippen molar-refractivity contribution in [3.8, 4) is 0 Å². The lowest BCUT2D eigenvalue weighted by Gasteiger charge is -2.04. The summed E-state index contributed by atoms with van der Waals surface area (Å²) in [5.41, 5.74) is 8.11. The first-order valence-electron chi connectivity index (χ1n) is 6.40. The summed E-state index contributed by atoms with van der Waals surface area (Å²) in [4.78, 5) is 12.7. The van der Waals surface area contributed by atoms with Crippen LogP contribution in [0.2, 0.25) is 0 Å². The van der Waals surface area contributed by atoms with E-state index in [1.807, 2.05) is 31.2 Å². The Balaban J connectivity index is 1.94. The fraction of sp³-hybridized carbons (Fsp3) is 0.0625. The molecule has 0 saturated carbocycles. The quantitative estimate of drug-likeness (QED) is 0.746. The number of anilines is 2. The number of amides is 1. The molecule has 5 heteroatoms. The van der Waals surface area contributed by atoms with Gasteiger partial charge in [0, 0.05) is 15.8 Å². The van der Waals surface area contributed by atoms with Crippen LogP contribution in [0.15, 0.2) is 42.5 Å². The van der Waals surface area contributed by atoms with Crippen molar-refractivity contribution < 1.29 is 9.18 Å². The van der Waals surface area contributed by atoms with E-state index >= 15 is 0 Å². The van der Waals surface area contributed by atoms with E-state index in [1.165, 1.54) is 23.5 Å². The summed E-state index contributed by atoms with van der Waals surface area (Å²) in [6, 6.07) is 11.8. The number of carbonyl (C=O) groups excluding carboxylic acids is 1. The van der Waals surface area contributed by atoms with E-state index in [4.69, 9.17) is 5.73 Å². The number of halogens is 1. The van der Waals surface area contributed by atoms with E-state index in [0.717, 1.165) is 10.3 Å². The normalized spacial score (nSPS) is 10.8. The highest BCUT2D eigenvalue weighted by molar-refractivity contribution is 7.21. The van der Waals surface area contributed by atoms with Gasteiger partial charge in [-0.05, 0) is 37.3 Å². The Kier molecular flexibility index (Phi) is 3.35. The van der Waals surface area contributed by atoms with E-state index in [9.17, 15) is 9.18 Å². The van der Waals surface area contributed by atoms with E-state index in [0.29, 0.717) is 21.6 Å². The van der Waals surface area contributed by atoms with Crippen molar-refractivity contribution in [2.24, 2.45) is 0 Å². The smallest absolute Gasteiger partial charge is 0.267 e. The predicted molar refractivity (Wildman–Crippen MR) is 85.3 cm³/mol. The first kappa shape index (κ1) is 13.6. The molecule has 2 aromatic carbocycles. The van der Waals surface area contributed by atoms with E-state index in [-0.39, 0.29) is 11.7 Å². The van der Waals surface area contributed by atoms with Crippen LogP contribution < -0.4 is 11.1 Å². The number of carbonyl (C=O) groups is 1. The van der Waals surface area contributed by atoms with Crippen molar-refractivity contribution in [2.75, 3.05) is 11.1 Å². The van der Waals surface area contributed by atoms with Crippen LogP contribution in [-0.4, -0.2) is 5.91 Å². The molecule has 0 atom stereocenters. The van der Waals surface area contributed by atoms with Gasteiger partial charge in [-0.2, -0.15) is 0 Å². The molecule has 3 N–H and O–H groups in total. The van der Waals surface area contributed by atoms with Gasteiger partial charge in [-0.25, -0.2) is 4.39 Å². The third kappa shape index (κ3) is 2.60. The van der Waals surface area contributed by atoms with Gasteiger partial charge in [-0.15, -0.1) is 11.3 Å². The molecule has 21 heavy (non-hydrogen) atoms. The topological polar surface area (TPSA) is 55.1 Å². The van der Waals surface area contributed by atoms with Crippen LogP contribution in [-0.2, 0) is 0 Å². The summed E-state index contributed by atoms with van der Waals surface area (Å²) < 4.78 is 14.1. The van der Waals surface area contributed by atoms with Gasteiger partial charge in [-0.3, -0.25) is 4.79 Å². The van der Waals surface area contributed by atoms with Gasteiger partial charge in [0.1, 0.15) is 10.7 Å². The van der Waals surface area contributed by atoms with Gasteiger partial charge in [0.25, 0.3) is 5.91 Å². The molecule has 1 heterocycles. The van der Waals surface area contributed by atoms with Crippen molar-refractivity contribution in [3.63, 3.8) is 0 Å². The molecule has 0 aliphatic rings. The van der Waals surface area contributed by atoms with Crippen LogP contribution in [0.5, 0.6) is 0 Å². The lowest BCUT2D eigenvalue weighted by molar-refractivity contribution is 0.103. The summed E-state index contributed by atoms with van der Waals surface area (Å²) in [6.07, 6.45) is 0. The van der Waals surface area contributed by atoms with Crippen molar-refractivity contribution in [3.05, 3.63) is 58.7 Å². The average Bonchev–Trinajstić information content (AvgIpc) is 2.79. The predicted octanol–water partition coefficient (Wildman–Crippen LogP) is 4.18. The summed E-state index contributed by atoms with van der Waals surface area (Å²) in [6.45, 7) is 1.98. The third-order valence-electron chi connectivity index (χ3n) is 3.20. The highest BCUT2D eigenvalue weighted by Crippen LogP contribution is 2.34. The number of nitrogens with one attached hydrogen (secondary N) is 1. The van der Waals surface area contributed by atoms with E-state index in [1.54, 1.807) is 6.07 Å². The van der Waals surface area contributed by atoms with E-state index in [2.05, 4.69) is 5.32 Å². The molecule has 0 aliphatic heterocycles. The number of nitrogen functional groups attached to an aromatic ring is 1. The van der Waals surface area contributed by atoms with Gasteiger partial charge in [0.05, 0.1) is 5.69 Å². The van der Waals surface area contributed by atoms with Crippen molar-refractivity contribution in [1.82, 2.24) is 0 Å².